The summed E-state index contributed by atoms with van der Waals surface area (Å²) in [6, 6.07) is 1.55. The Morgan fingerprint density at radius 2 is 2.35 bits per heavy atom. The normalized spacial score (nSPS) is 24.7. The van der Waals surface area contributed by atoms with Gasteiger partial charge in [-0.05, 0) is 32.2 Å². The van der Waals surface area contributed by atoms with Gasteiger partial charge in [0.2, 0.25) is 0 Å². The topological polar surface area (TPSA) is 33.1 Å². The monoisotopic (exact) mass is 234 g/mol. The summed E-state index contributed by atoms with van der Waals surface area (Å²) in [5.74, 6) is 0. The molecule has 1 aliphatic carbocycles. The quantitative estimate of drug-likeness (QED) is 0.829. The molecular formula is C13H22N4. The van der Waals surface area contributed by atoms with Gasteiger partial charge in [-0.3, -0.25) is 9.58 Å². The fourth-order valence-electron chi connectivity index (χ4n) is 2.77. The SMILES string of the molecule is Cn1cc(CN(CC2CCCN2)C2CC2)cn1. The number of aromatic nitrogens is 2. The molecule has 0 bridgehead atoms. The number of nitrogens with zero attached hydrogens (tertiary/aromatic N) is 3. The molecule has 2 fully saturated rings. The minimum atomic E-state index is 0.715. The van der Waals surface area contributed by atoms with Crippen LogP contribution in [0.4, 0.5) is 0 Å². The molecule has 0 spiro atoms. The highest BCUT2D eigenvalue weighted by Gasteiger charge is 2.31. The van der Waals surface area contributed by atoms with E-state index in [0.717, 1.165) is 12.6 Å². The number of hydrogen-bond donors (Lipinski definition) is 1. The maximum atomic E-state index is 4.26. The lowest BCUT2D eigenvalue weighted by atomic mass is 10.2. The van der Waals surface area contributed by atoms with Crippen LogP contribution in [-0.4, -0.2) is 39.9 Å². The fourth-order valence-corrected chi connectivity index (χ4v) is 2.77. The zero-order valence-corrected chi connectivity index (χ0v) is 10.6. The molecule has 1 saturated heterocycles. The van der Waals surface area contributed by atoms with Crippen molar-refractivity contribution in [3.8, 4) is 0 Å². The number of nitrogens with one attached hydrogen (secondary N) is 1. The minimum Gasteiger partial charge on any atom is -0.313 e. The third kappa shape index (κ3) is 2.87. The molecule has 2 aliphatic rings. The van der Waals surface area contributed by atoms with E-state index < -0.39 is 0 Å². The van der Waals surface area contributed by atoms with E-state index in [2.05, 4.69) is 21.5 Å². The van der Waals surface area contributed by atoms with E-state index in [1.54, 1.807) is 0 Å². The van der Waals surface area contributed by atoms with Crippen LogP contribution < -0.4 is 5.32 Å². The molecule has 0 amide bonds. The molecule has 4 nitrogen and oxygen atoms in total. The Labute approximate surface area is 103 Å². The predicted octanol–water partition coefficient (Wildman–Crippen LogP) is 1.14. The second kappa shape index (κ2) is 4.78. The lowest BCUT2D eigenvalue weighted by molar-refractivity contribution is 0.231. The average Bonchev–Trinajstić information content (AvgIpc) is 2.89. The standard InChI is InChI=1S/C13H22N4/c1-16-8-11(7-15-16)9-17(13-4-5-13)10-12-3-2-6-14-12/h7-8,12-14H,2-6,9-10H2,1H3. The lowest BCUT2D eigenvalue weighted by Gasteiger charge is -2.24. The van der Waals surface area contributed by atoms with E-state index in [1.807, 2.05) is 17.9 Å². The Hall–Kier alpha value is -0.870. The van der Waals surface area contributed by atoms with Crippen LogP contribution in [0.25, 0.3) is 0 Å². The van der Waals surface area contributed by atoms with Crippen LogP contribution in [0.5, 0.6) is 0 Å². The Kier molecular flexibility index (Phi) is 3.16. The molecular weight excluding hydrogens is 212 g/mol. The lowest BCUT2D eigenvalue weighted by Crippen LogP contribution is -2.38. The molecule has 1 aliphatic heterocycles. The van der Waals surface area contributed by atoms with Gasteiger partial charge in [0, 0.05) is 44.0 Å². The largest absolute Gasteiger partial charge is 0.313 e. The molecule has 1 atom stereocenters. The van der Waals surface area contributed by atoms with Gasteiger partial charge in [-0.1, -0.05) is 0 Å². The van der Waals surface area contributed by atoms with Gasteiger partial charge in [0.05, 0.1) is 6.20 Å². The summed E-state index contributed by atoms with van der Waals surface area (Å²) in [4.78, 5) is 2.64. The maximum Gasteiger partial charge on any atom is 0.0534 e. The highest BCUT2D eigenvalue weighted by atomic mass is 15.3. The van der Waals surface area contributed by atoms with Crippen molar-refractivity contribution in [2.75, 3.05) is 13.1 Å². The molecule has 94 valence electrons. The second-order valence-electron chi connectivity index (χ2n) is 5.48. The molecule has 1 aromatic heterocycles. The molecule has 17 heavy (non-hydrogen) atoms. The summed E-state index contributed by atoms with van der Waals surface area (Å²) in [5.41, 5.74) is 1.34. The van der Waals surface area contributed by atoms with Crippen LogP contribution >= 0.6 is 0 Å². The van der Waals surface area contributed by atoms with Crippen molar-refractivity contribution in [1.82, 2.24) is 20.0 Å². The Morgan fingerprint density at radius 3 is 2.94 bits per heavy atom. The zero-order valence-electron chi connectivity index (χ0n) is 10.6. The smallest absolute Gasteiger partial charge is 0.0534 e. The average molecular weight is 234 g/mol. The molecule has 1 saturated carbocycles. The highest BCUT2D eigenvalue weighted by Crippen LogP contribution is 2.29. The van der Waals surface area contributed by atoms with Crippen molar-refractivity contribution >= 4 is 0 Å². The summed E-state index contributed by atoms with van der Waals surface area (Å²) in [6.45, 7) is 3.48. The second-order valence-corrected chi connectivity index (χ2v) is 5.48. The van der Waals surface area contributed by atoms with Crippen LogP contribution in [0.2, 0.25) is 0 Å². The summed E-state index contributed by atoms with van der Waals surface area (Å²) in [7, 11) is 1.99. The number of aryl methyl sites for hydroxylation is 1. The van der Waals surface area contributed by atoms with E-state index in [0.29, 0.717) is 6.04 Å². The summed E-state index contributed by atoms with van der Waals surface area (Å²) in [6.07, 6.45) is 9.58. The molecule has 0 aromatic carbocycles. The van der Waals surface area contributed by atoms with Crippen molar-refractivity contribution in [3.63, 3.8) is 0 Å². The minimum absolute atomic E-state index is 0.715. The van der Waals surface area contributed by atoms with E-state index in [1.165, 1.54) is 44.3 Å². The predicted molar refractivity (Wildman–Crippen MR) is 67.7 cm³/mol. The van der Waals surface area contributed by atoms with Gasteiger partial charge in [-0.2, -0.15) is 5.10 Å². The van der Waals surface area contributed by atoms with E-state index in [9.17, 15) is 0 Å². The first kappa shape index (κ1) is 11.2. The number of rotatable bonds is 5. The van der Waals surface area contributed by atoms with Gasteiger partial charge < -0.3 is 5.32 Å². The molecule has 1 N–H and O–H groups in total. The van der Waals surface area contributed by atoms with Crippen LogP contribution in [0, 0.1) is 0 Å². The Morgan fingerprint density at radius 1 is 1.47 bits per heavy atom. The Balaban J connectivity index is 1.59. The van der Waals surface area contributed by atoms with Crippen LogP contribution in [0.1, 0.15) is 31.2 Å². The number of hydrogen-bond acceptors (Lipinski definition) is 3. The van der Waals surface area contributed by atoms with E-state index in [4.69, 9.17) is 0 Å². The Bertz CT molecular complexity index is 363. The van der Waals surface area contributed by atoms with Gasteiger partial charge >= 0.3 is 0 Å². The fraction of sp³-hybridized carbons (Fsp3) is 0.769. The summed E-state index contributed by atoms with van der Waals surface area (Å²) >= 11 is 0. The zero-order chi connectivity index (χ0) is 11.7. The molecule has 1 unspecified atom stereocenters. The van der Waals surface area contributed by atoms with Crippen LogP contribution in [-0.2, 0) is 13.6 Å². The van der Waals surface area contributed by atoms with Crippen LogP contribution in [0.3, 0.4) is 0 Å². The molecule has 1 aromatic rings. The molecule has 4 heteroatoms. The third-order valence-electron chi connectivity index (χ3n) is 3.82. The summed E-state index contributed by atoms with van der Waals surface area (Å²) < 4.78 is 1.90. The van der Waals surface area contributed by atoms with Gasteiger partial charge in [-0.25, -0.2) is 0 Å². The summed E-state index contributed by atoms with van der Waals surface area (Å²) in [5, 5.41) is 7.85. The van der Waals surface area contributed by atoms with Gasteiger partial charge in [0.25, 0.3) is 0 Å². The molecule has 0 radical (unpaired) electrons. The molecule has 2 heterocycles. The van der Waals surface area contributed by atoms with E-state index >= 15 is 0 Å². The highest BCUT2D eigenvalue weighted by molar-refractivity contribution is 5.05. The molecule has 3 rings (SSSR count). The van der Waals surface area contributed by atoms with Gasteiger partial charge in [0.1, 0.15) is 0 Å². The van der Waals surface area contributed by atoms with Crippen molar-refractivity contribution in [1.29, 1.82) is 0 Å². The first-order valence-electron chi connectivity index (χ1n) is 6.76. The first-order valence-corrected chi connectivity index (χ1v) is 6.76. The van der Waals surface area contributed by atoms with E-state index in [-0.39, 0.29) is 0 Å². The third-order valence-corrected chi connectivity index (χ3v) is 3.82. The van der Waals surface area contributed by atoms with Crippen molar-refractivity contribution in [3.05, 3.63) is 18.0 Å². The van der Waals surface area contributed by atoms with Gasteiger partial charge in [-0.15, -0.1) is 0 Å². The maximum absolute atomic E-state index is 4.26. The van der Waals surface area contributed by atoms with Crippen LogP contribution in [0.15, 0.2) is 12.4 Å². The van der Waals surface area contributed by atoms with Gasteiger partial charge in [0.15, 0.2) is 0 Å². The van der Waals surface area contributed by atoms with Crippen molar-refractivity contribution in [2.45, 2.75) is 44.3 Å². The first-order chi connectivity index (χ1) is 8.31. The van der Waals surface area contributed by atoms with Crippen molar-refractivity contribution in [2.24, 2.45) is 7.05 Å². The van der Waals surface area contributed by atoms with Crippen molar-refractivity contribution < 1.29 is 0 Å².